The van der Waals surface area contributed by atoms with E-state index in [1.165, 1.54) is 0 Å². The van der Waals surface area contributed by atoms with E-state index in [2.05, 4.69) is 4.99 Å². The van der Waals surface area contributed by atoms with Crippen molar-refractivity contribution in [3.8, 4) is 0 Å². The largest absolute Gasteiger partial charge is 0.480 e. The maximum atomic E-state index is 10.5. The van der Waals surface area contributed by atoms with Gasteiger partial charge >= 0.3 is 5.97 Å². The van der Waals surface area contributed by atoms with Crippen molar-refractivity contribution in [2.24, 2.45) is 28.1 Å². The topological polar surface area (TPSA) is 128 Å². The van der Waals surface area contributed by atoms with Crippen molar-refractivity contribution in [1.29, 1.82) is 0 Å². The lowest BCUT2D eigenvalue weighted by molar-refractivity contribution is -0.140. The Bertz CT molecular complexity index is 236. The zero-order valence-electron chi connectivity index (χ0n) is 6.53. The summed E-state index contributed by atoms with van der Waals surface area (Å²) in [6.07, 6.45) is 0.444. The molecule has 0 aromatic rings. The van der Waals surface area contributed by atoms with Crippen molar-refractivity contribution < 1.29 is 9.90 Å². The van der Waals surface area contributed by atoms with Crippen LogP contribution < -0.4 is 17.2 Å². The van der Waals surface area contributed by atoms with Crippen LogP contribution in [0.1, 0.15) is 6.42 Å². The van der Waals surface area contributed by atoms with Crippen molar-refractivity contribution >= 4 is 11.9 Å². The van der Waals surface area contributed by atoms with Gasteiger partial charge in [-0.1, -0.05) is 0 Å². The molecule has 6 heteroatoms. The maximum Gasteiger partial charge on any atom is 0.324 e. The van der Waals surface area contributed by atoms with Crippen LogP contribution in [-0.4, -0.2) is 29.1 Å². The maximum absolute atomic E-state index is 10.5. The predicted octanol–water partition coefficient (Wildman–Crippen LogP) is -1.94. The molecular weight excluding hydrogens is 160 g/mol. The number of aliphatic carboxylic acids is 1. The number of nitrogens with two attached hydrogens (primary N) is 3. The lowest BCUT2D eigenvalue weighted by atomic mass is 10.2. The number of guanidine groups is 1. The van der Waals surface area contributed by atoms with Crippen molar-refractivity contribution in [3.63, 3.8) is 0 Å². The van der Waals surface area contributed by atoms with E-state index in [0.29, 0.717) is 13.0 Å². The molecule has 7 N–H and O–H groups in total. The lowest BCUT2D eigenvalue weighted by Gasteiger charge is -2.02. The highest BCUT2D eigenvalue weighted by Gasteiger charge is 2.57. The molecule has 1 saturated carbocycles. The molecule has 0 aliphatic heterocycles. The van der Waals surface area contributed by atoms with Gasteiger partial charge in [-0.2, -0.15) is 0 Å². The number of carboxylic acids is 1. The van der Waals surface area contributed by atoms with Gasteiger partial charge in [-0.25, -0.2) is 0 Å². The highest BCUT2D eigenvalue weighted by Crippen LogP contribution is 2.41. The van der Waals surface area contributed by atoms with Crippen LogP contribution in [0.25, 0.3) is 0 Å². The van der Waals surface area contributed by atoms with E-state index in [-0.39, 0.29) is 11.9 Å². The van der Waals surface area contributed by atoms with Gasteiger partial charge in [0.15, 0.2) is 5.96 Å². The Morgan fingerprint density at radius 1 is 1.67 bits per heavy atom. The molecule has 0 aromatic carbocycles. The Morgan fingerprint density at radius 2 is 2.25 bits per heavy atom. The molecule has 1 aliphatic rings. The van der Waals surface area contributed by atoms with Crippen LogP contribution in [0.15, 0.2) is 4.99 Å². The molecule has 0 aromatic heterocycles. The van der Waals surface area contributed by atoms with Crippen molar-refractivity contribution in [2.75, 3.05) is 6.54 Å². The second-order valence-electron chi connectivity index (χ2n) is 3.01. The average Bonchev–Trinajstić information content (AvgIpc) is 2.59. The van der Waals surface area contributed by atoms with E-state index >= 15 is 0 Å². The molecule has 2 atom stereocenters. The number of hydrogen-bond donors (Lipinski definition) is 4. The highest BCUT2D eigenvalue weighted by atomic mass is 16.4. The first kappa shape index (κ1) is 8.79. The van der Waals surface area contributed by atoms with E-state index in [0.717, 1.165) is 0 Å². The summed E-state index contributed by atoms with van der Waals surface area (Å²) in [5.74, 6) is -1.15. The van der Waals surface area contributed by atoms with Crippen LogP contribution in [0, 0.1) is 5.92 Å². The first-order chi connectivity index (χ1) is 5.47. The highest BCUT2D eigenvalue weighted by molar-refractivity contribution is 5.83. The van der Waals surface area contributed by atoms with Gasteiger partial charge in [0.05, 0.1) is 0 Å². The summed E-state index contributed by atoms with van der Waals surface area (Å²) >= 11 is 0. The van der Waals surface area contributed by atoms with Crippen LogP contribution in [0.2, 0.25) is 0 Å². The SMILES string of the molecule is NC(N)=NC[C@@H]1C[C@@]1(N)C(=O)O. The molecule has 0 spiro atoms. The van der Waals surface area contributed by atoms with Gasteiger partial charge in [0.2, 0.25) is 0 Å². The first-order valence-corrected chi connectivity index (χ1v) is 3.54. The third-order valence-corrected chi connectivity index (χ3v) is 2.04. The molecule has 6 nitrogen and oxygen atoms in total. The van der Waals surface area contributed by atoms with Gasteiger partial charge < -0.3 is 22.3 Å². The van der Waals surface area contributed by atoms with E-state index in [9.17, 15) is 4.79 Å². The van der Waals surface area contributed by atoms with Gasteiger partial charge in [0, 0.05) is 12.5 Å². The fraction of sp³-hybridized carbons (Fsp3) is 0.667. The van der Waals surface area contributed by atoms with Gasteiger partial charge in [0.25, 0.3) is 0 Å². The number of carboxylic acid groups (broad SMARTS) is 1. The Morgan fingerprint density at radius 3 is 2.58 bits per heavy atom. The van der Waals surface area contributed by atoms with Gasteiger partial charge in [-0.3, -0.25) is 9.79 Å². The molecule has 1 fully saturated rings. The summed E-state index contributed by atoms with van der Waals surface area (Å²) in [4.78, 5) is 14.2. The summed E-state index contributed by atoms with van der Waals surface area (Å²) in [6, 6.07) is 0. The molecule has 12 heavy (non-hydrogen) atoms. The summed E-state index contributed by atoms with van der Waals surface area (Å²) < 4.78 is 0. The second-order valence-corrected chi connectivity index (χ2v) is 3.01. The monoisotopic (exact) mass is 172 g/mol. The second kappa shape index (κ2) is 2.63. The fourth-order valence-electron chi connectivity index (χ4n) is 1.05. The van der Waals surface area contributed by atoms with Gasteiger partial charge in [-0.05, 0) is 6.42 Å². The van der Waals surface area contributed by atoms with Crippen LogP contribution >= 0.6 is 0 Å². The minimum atomic E-state index is -1.10. The number of rotatable bonds is 3. The van der Waals surface area contributed by atoms with E-state index in [1.807, 2.05) is 0 Å². The number of nitrogens with zero attached hydrogens (tertiary/aromatic N) is 1. The molecule has 0 unspecified atom stereocenters. The molecule has 1 rings (SSSR count). The normalized spacial score (nSPS) is 32.6. The zero-order chi connectivity index (χ0) is 9.35. The summed E-state index contributed by atoms with van der Waals surface area (Å²) in [6.45, 7) is 0.297. The summed E-state index contributed by atoms with van der Waals surface area (Å²) in [7, 11) is 0. The zero-order valence-corrected chi connectivity index (χ0v) is 6.53. The number of aliphatic imine (C=N–C) groups is 1. The van der Waals surface area contributed by atoms with Crippen molar-refractivity contribution in [1.82, 2.24) is 0 Å². The molecule has 0 radical (unpaired) electrons. The standard InChI is InChI=1S/C6H12N4O2/c7-5(8)10-2-3-1-6(3,9)4(11)12/h3H,1-2,9H2,(H,11,12)(H4,7,8,10)/t3-,6-/m0/s1. The third kappa shape index (κ3) is 1.48. The van der Waals surface area contributed by atoms with Crippen LogP contribution in [0.5, 0.6) is 0 Å². The van der Waals surface area contributed by atoms with E-state index in [1.54, 1.807) is 0 Å². The summed E-state index contributed by atoms with van der Waals surface area (Å²) in [5.41, 5.74) is 14.5. The third-order valence-electron chi connectivity index (χ3n) is 2.04. The molecule has 0 amide bonds. The Kier molecular flexibility index (Phi) is 1.93. The smallest absolute Gasteiger partial charge is 0.324 e. The number of hydrogen-bond acceptors (Lipinski definition) is 3. The predicted molar refractivity (Wildman–Crippen MR) is 43.3 cm³/mol. The van der Waals surface area contributed by atoms with Crippen molar-refractivity contribution in [3.05, 3.63) is 0 Å². The first-order valence-electron chi connectivity index (χ1n) is 3.54. The molecule has 1 aliphatic carbocycles. The van der Waals surface area contributed by atoms with Crippen molar-refractivity contribution in [2.45, 2.75) is 12.0 Å². The average molecular weight is 172 g/mol. The number of carbonyl (C=O) groups is 1. The lowest BCUT2D eigenvalue weighted by Crippen LogP contribution is -2.36. The molecular formula is C6H12N4O2. The molecule has 0 bridgehead atoms. The van der Waals surface area contributed by atoms with Gasteiger partial charge in [0.1, 0.15) is 5.54 Å². The Hall–Kier alpha value is -1.30. The molecule has 0 heterocycles. The minimum absolute atomic E-state index is 0.0327. The fourth-order valence-corrected chi connectivity index (χ4v) is 1.05. The Labute approximate surface area is 69.4 Å². The molecule has 0 saturated heterocycles. The summed E-state index contributed by atoms with van der Waals surface area (Å²) in [5, 5.41) is 8.61. The van der Waals surface area contributed by atoms with Crippen LogP contribution in [-0.2, 0) is 4.79 Å². The minimum Gasteiger partial charge on any atom is -0.480 e. The quantitative estimate of drug-likeness (QED) is 0.291. The van der Waals surface area contributed by atoms with Gasteiger partial charge in [-0.15, -0.1) is 0 Å². The van der Waals surface area contributed by atoms with E-state index in [4.69, 9.17) is 22.3 Å². The van der Waals surface area contributed by atoms with E-state index < -0.39 is 11.5 Å². The van der Waals surface area contributed by atoms with Crippen LogP contribution in [0.4, 0.5) is 0 Å². The molecule has 68 valence electrons. The Balaban J connectivity index is 2.43. The van der Waals surface area contributed by atoms with Crippen LogP contribution in [0.3, 0.4) is 0 Å².